The van der Waals surface area contributed by atoms with Gasteiger partial charge < -0.3 is 16.2 Å². The van der Waals surface area contributed by atoms with E-state index in [1.54, 1.807) is 12.1 Å². The van der Waals surface area contributed by atoms with Crippen molar-refractivity contribution >= 4 is 23.4 Å². The minimum Gasteiger partial charge on any atom is -0.387 e. The number of nitrogens with zero attached hydrogens (tertiary/aromatic N) is 2. The number of nitrogens with two attached hydrogens (primary N) is 1. The molecule has 146 valence electrons. The molecule has 1 heterocycles. The van der Waals surface area contributed by atoms with Crippen LogP contribution in [0.4, 0.5) is 24.9 Å². The standard InChI is InChI=1S/C19H16ClF3N4O/c20-14-8-12(6-7-13(14)19(21,22)23)15-9-17(27-18(24)26-15)25-10-16(28)11-4-2-1-3-5-11/h1-9,16,28H,10H2,(H3,24,25,26,27)/t16-/m0/s1. The van der Waals surface area contributed by atoms with Gasteiger partial charge in [-0.25, -0.2) is 4.98 Å². The van der Waals surface area contributed by atoms with Crippen LogP contribution in [-0.2, 0) is 6.18 Å². The van der Waals surface area contributed by atoms with Crippen LogP contribution in [-0.4, -0.2) is 21.6 Å². The fraction of sp³-hybridized carbons (Fsp3) is 0.158. The van der Waals surface area contributed by atoms with Crippen molar-refractivity contribution in [2.24, 2.45) is 0 Å². The molecule has 5 nitrogen and oxygen atoms in total. The molecule has 28 heavy (non-hydrogen) atoms. The van der Waals surface area contributed by atoms with E-state index in [4.69, 9.17) is 17.3 Å². The molecule has 0 radical (unpaired) electrons. The Morgan fingerprint density at radius 3 is 2.43 bits per heavy atom. The zero-order valence-corrected chi connectivity index (χ0v) is 15.2. The number of hydrogen-bond acceptors (Lipinski definition) is 5. The van der Waals surface area contributed by atoms with Crippen molar-refractivity contribution < 1.29 is 18.3 Å². The van der Waals surface area contributed by atoms with E-state index < -0.39 is 22.9 Å². The van der Waals surface area contributed by atoms with Crippen molar-refractivity contribution in [3.63, 3.8) is 0 Å². The van der Waals surface area contributed by atoms with Crippen LogP contribution < -0.4 is 11.1 Å². The number of aliphatic hydroxyl groups is 1. The average Bonchev–Trinajstić information content (AvgIpc) is 2.65. The summed E-state index contributed by atoms with van der Waals surface area (Å²) in [6.45, 7) is 0.160. The zero-order valence-electron chi connectivity index (χ0n) is 14.4. The predicted molar refractivity (Wildman–Crippen MR) is 102 cm³/mol. The molecule has 3 aromatic rings. The normalized spacial score (nSPS) is 12.6. The lowest BCUT2D eigenvalue weighted by Gasteiger charge is -2.14. The van der Waals surface area contributed by atoms with E-state index in [1.807, 2.05) is 18.2 Å². The first kappa shape index (κ1) is 19.9. The molecule has 0 aliphatic rings. The minimum absolute atomic E-state index is 0.0646. The van der Waals surface area contributed by atoms with E-state index in [1.165, 1.54) is 18.2 Å². The Kier molecular flexibility index (Phi) is 5.71. The van der Waals surface area contributed by atoms with Crippen molar-refractivity contribution in [1.29, 1.82) is 0 Å². The van der Waals surface area contributed by atoms with Gasteiger partial charge in [-0.05, 0) is 17.7 Å². The summed E-state index contributed by atoms with van der Waals surface area (Å²) in [5, 5.41) is 12.7. The highest BCUT2D eigenvalue weighted by Crippen LogP contribution is 2.36. The van der Waals surface area contributed by atoms with Crippen LogP contribution in [0.5, 0.6) is 0 Å². The summed E-state index contributed by atoms with van der Waals surface area (Å²) in [4.78, 5) is 8.08. The highest BCUT2D eigenvalue weighted by molar-refractivity contribution is 6.31. The van der Waals surface area contributed by atoms with Gasteiger partial charge in [-0.2, -0.15) is 18.2 Å². The molecule has 0 saturated carbocycles. The van der Waals surface area contributed by atoms with Crippen LogP contribution in [0.1, 0.15) is 17.2 Å². The van der Waals surface area contributed by atoms with E-state index in [9.17, 15) is 18.3 Å². The quantitative estimate of drug-likeness (QED) is 0.577. The fourth-order valence-electron chi connectivity index (χ4n) is 2.60. The molecule has 0 saturated heterocycles. The molecule has 1 aromatic heterocycles. The van der Waals surface area contributed by atoms with Crippen LogP contribution >= 0.6 is 11.6 Å². The first-order chi connectivity index (χ1) is 13.2. The van der Waals surface area contributed by atoms with Crippen LogP contribution in [0.3, 0.4) is 0 Å². The number of nitrogens with one attached hydrogen (secondary N) is 1. The lowest BCUT2D eigenvalue weighted by atomic mass is 10.1. The van der Waals surface area contributed by atoms with E-state index in [-0.39, 0.29) is 12.5 Å². The molecule has 0 amide bonds. The first-order valence-corrected chi connectivity index (χ1v) is 8.60. The summed E-state index contributed by atoms with van der Waals surface area (Å²) in [6, 6.07) is 13.9. The van der Waals surface area contributed by atoms with Crippen LogP contribution in [0, 0.1) is 0 Å². The zero-order chi connectivity index (χ0) is 20.3. The van der Waals surface area contributed by atoms with Gasteiger partial charge in [0.1, 0.15) is 5.82 Å². The third-order valence-corrected chi connectivity index (χ3v) is 4.29. The maximum Gasteiger partial charge on any atom is 0.417 e. The predicted octanol–water partition coefficient (Wildman–Crippen LogP) is 4.54. The number of rotatable bonds is 5. The number of hydrogen-bond donors (Lipinski definition) is 3. The Labute approximate surface area is 164 Å². The van der Waals surface area contributed by atoms with Crippen molar-refractivity contribution in [2.75, 3.05) is 17.6 Å². The molecule has 9 heteroatoms. The molecule has 0 bridgehead atoms. The van der Waals surface area contributed by atoms with Crippen molar-refractivity contribution in [3.05, 3.63) is 70.7 Å². The number of aromatic nitrogens is 2. The number of aliphatic hydroxyl groups excluding tert-OH is 1. The molecule has 0 spiro atoms. The molecule has 0 unspecified atom stereocenters. The molecule has 0 aliphatic carbocycles. The van der Waals surface area contributed by atoms with Gasteiger partial charge in [-0.15, -0.1) is 0 Å². The summed E-state index contributed by atoms with van der Waals surface area (Å²) in [5.74, 6) is 0.263. The Hall–Kier alpha value is -2.84. The molecule has 0 aliphatic heterocycles. The van der Waals surface area contributed by atoms with Gasteiger partial charge in [0.05, 0.1) is 22.4 Å². The molecular formula is C19H16ClF3N4O. The second kappa shape index (κ2) is 8.04. The first-order valence-electron chi connectivity index (χ1n) is 8.22. The fourth-order valence-corrected chi connectivity index (χ4v) is 2.89. The molecule has 3 rings (SSSR count). The molecule has 2 aromatic carbocycles. The van der Waals surface area contributed by atoms with Crippen molar-refractivity contribution in [2.45, 2.75) is 12.3 Å². The lowest BCUT2D eigenvalue weighted by Crippen LogP contribution is -2.13. The number of benzene rings is 2. The summed E-state index contributed by atoms with van der Waals surface area (Å²) in [6.07, 6.45) is -5.32. The summed E-state index contributed by atoms with van der Waals surface area (Å²) in [5.41, 5.74) is 6.18. The van der Waals surface area contributed by atoms with Gasteiger partial charge in [0.25, 0.3) is 0 Å². The maximum absolute atomic E-state index is 12.9. The second-order valence-corrected chi connectivity index (χ2v) is 6.40. The van der Waals surface area contributed by atoms with E-state index in [0.29, 0.717) is 17.1 Å². The van der Waals surface area contributed by atoms with Gasteiger partial charge in [0.2, 0.25) is 5.95 Å². The third kappa shape index (κ3) is 4.71. The Bertz CT molecular complexity index is 967. The maximum atomic E-state index is 12.9. The minimum atomic E-state index is -4.54. The van der Waals surface area contributed by atoms with E-state index >= 15 is 0 Å². The van der Waals surface area contributed by atoms with Gasteiger partial charge in [0.15, 0.2) is 0 Å². The van der Waals surface area contributed by atoms with Crippen LogP contribution in [0.2, 0.25) is 5.02 Å². The largest absolute Gasteiger partial charge is 0.417 e. The molecule has 4 N–H and O–H groups in total. The SMILES string of the molecule is Nc1nc(NC[C@H](O)c2ccccc2)cc(-c2ccc(C(F)(F)F)c(Cl)c2)n1. The lowest BCUT2D eigenvalue weighted by molar-refractivity contribution is -0.137. The summed E-state index contributed by atoms with van der Waals surface area (Å²) < 4.78 is 38.6. The van der Waals surface area contributed by atoms with E-state index in [0.717, 1.165) is 11.6 Å². The van der Waals surface area contributed by atoms with Crippen molar-refractivity contribution in [1.82, 2.24) is 9.97 Å². The van der Waals surface area contributed by atoms with Gasteiger partial charge in [-0.1, -0.05) is 48.0 Å². The summed E-state index contributed by atoms with van der Waals surface area (Å²) in [7, 11) is 0. The number of alkyl halides is 3. The summed E-state index contributed by atoms with van der Waals surface area (Å²) >= 11 is 5.77. The Morgan fingerprint density at radius 2 is 1.79 bits per heavy atom. The van der Waals surface area contributed by atoms with Crippen LogP contribution in [0.25, 0.3) is 11.3 Å². The van der Waals surface area contributed by atoms with Crippen molar-refractivity contribution in [3.8, 4) is 11.3 Å². The smallest absolute Gasteiger partial charge is 0.387 e. The van der Waals surface area contributed by atoms with Gasteiger partial charge >= 0.3 is 6.18 Å². The number of nitrogen functional groups attached to an aromatic ring is 1. The Balaban J connectivity index is 1.81. The topological polar surface area (TPSA) is 84.1 Å². The van der Waals surface area contributed by atoms with Crippen LogP contribution in [0.15, 0.2) is 54.6 Å². The third-order valence-electron chi connectivity index (χ3n) is 3.97. The average molecular weight is 409 g/mol. The number of anilines is 2. The second-order valence-electron chi connectivity index (χ2n) is 6.00. The Morgan fingerprint density at radius 1 is 1.07 bits per heavy atom. The molecular weight excluding hydrogens is 393 g/mol. The van der Waals surface area contributed by atoms with E-state index in [2.05, 4.69) is 15.3 Å². The number of halogens is 4. The van der Waals surface area contributed by atoms with Gasteiger partial charge in [0, 0.05) is 18.2 Å². The highest BCUT2D eigenvalue weighted by Gasteiger charge is 2.33. The molecule has 0 fully saturated rings. The van der Waals surface area contributed by atoms with Gasteiger partial charge in [-0.3, -0.25) is 0 Å². The monoisotopic (exact) mass is 408 g/mol. The molecule has 1 atom stereocenters. The highest BCUT2D eigenvalue weighted by atomic mass is 35.5.